The van der Waals surface area contributed by atoms with Gasteiger partial charge < -0.3 is 11.1 Å². The molecule has 100 valence electrons. The molecular weight excluding hydrogens is 239 g/mol. The molecule has 3 N–H and O–H groups in total. The first-order chi connectivity index (χ1) is 9.24. The van der Waals surface area contributed by atoms with Crippen LogP contribution in [0.25, 0.3) is 0 Å². The monoisotopic (exact) mass is 258 g/mol. The molecule has 0 saturated carbocycles. The van der Waals surface area contributed by atoms with Gasteiger partial charge in [0.15, 0.2) is 0 Å². The summed E-state index contributed by atoms with van der Waals surface area (Å²) in [7, 11) is 0. The van der Waals surface area contributed by atoms with Crippen molar-refractivity contribution in [2.45, 2.75) is 19.8 Å². The number of para-hydroxylation sites is 1. The Morgan fingerprint density at radius 3 is 2.58 bits per heavy atom. The lowest BCUT2D eigenvalue weighted by Gasteiger charge is -2.12. The molecule has 0 heterocycles. The summed E-state index contributed by atoms with van der Waals surface area (Å²) in [6.45, 7) is 2.62. The Labute approximate surface area is 113 Å². The van der Waals surface area contributed by atoms with Crippen molar-refractivity contribution >= 4 is 11.4 Å². The zero-order valence-corrected chi connectivity index (χ0v) is 11.1. The summed E-state index contributed by atoms with van der Waals surface area (Å²) in [4.78, 5) is 0. The highest BCUT2D eigenvalue weighted by atomic mass is 19.1. The van der Waals surface area contributed by atoms with Crippen LogP contribution in [0.2, 0.25) is 0 Å². The number of benzene rings is 2. The highest BCUT2D eigenvalue weighted by molar-refractivity contribution is 5.63. The van der Waals surface area contributed by atoms with E-state index in [4.69, 9.17) is 5.73 Å². The second-order valence-electron chi connectivity index (χ2n) is 4.49. The van der Waals surface area contributed by atoms with Crippen LogP contribution in [-0.4, -0.2) is 6.54 Å². The minimum atomic E-state index is -0.239. The van der Waals surface area contributed by atoms with E-state index >= 15 is 0 Å². The third-order valence-electron chi connectivity index (χ3n) is 3.13. The molecule has 0 fully saturated rings. The van der Waals surface area contributed by atoms with E-state index in [1.165, 1.54) is 5.56 Å². The summed E-state index contributed by atoms with van der Waals surface area (Å²) in [6.07, 6.45) is 1.61. The second-order valence-corrected chi connectivity index (χ2v) is 4.49. The molecule has 2 rings (SSSR count). The van der Waals surface area contributed by atoms with Gasteiger partial charge in [0.05, 0.1) is 5.69 Å². The van der Waals surface area contributed by atoms with Crippen molar-refractivity contribution in [3.05, 3.63) is 59.4 Å². The fourth-order valence-electron chi connectivity index (χ4n) is 2.08. The normalized spacial score (nSPS) is 10.5. The molecule has 2 aromatic rings. The van der Waals surface area contributed by atoms with Gasteiger partial charge in [-0.2, -0.15) is 0 Å². The molecule has 0 spiro atoms. The molecule has 0 aromatic heterocycles. The molecule has 0 aliphatic heterocycles. The molecular formula is C16H19FN2. The van der Waals surface area contributed by atoms with Gasteiger partial charge in [-0.1, -0.05) is 31.2 Å². The molecule has 19 heavy (non-hydrogen) atoms. The molecule has 2 nitrogen and oxygen atoms in total. The summed E-state index contributed by atoms with van der Waals surface area (Å²) in [5.41, 5.74) is 9.03. The maximum Gasteiger partial charge on any atom is 0.146 e. The number of hydrogen-bond donors (Lipinski definition) is 2. The van der Waals surface area contributed by atoms with Crippen LogP contribution in [0.5, 0.6) is 0 Å². The number of nitrogens with two attached hydrogens (primary N) is 1. The van der Waals surface area contributed by atoms with Crippen molar-refractivity contribution in [3.63, 3.8) is 0 Å². The standard InChI is InChI=1S/C16H19FN2/c1-2-13-5-3-4-6-15(13)19-16-8-7-12(9-10-18)11-14(16)17/h3-8,11,19H,2,9-10,18H2,1H3. The predicted molar refractivity (Wildman–Crippen MR) is 78.3 cm³/mol. The molecule has 2 aromatic carbocycles. The second kappa shape index (κ2) is 6.34. The molecule has 0 radical (unpaired) electrons. The number of rotatable bonds is 5. The molecule has 3 heteroatoms. The van der Waals surface area contributed by atoms with Crippen molar-refractivity contribution in [2.75, 3.05) is 11.9 Å². The SMILES string of the molecule is CCc1ccccc1Nc1ccc(CCN)cc1F. The van der Waals surface area contributed by atoms with Gasteiger partial charge in [-0.25, -0.2) is 4.39 Å². The first kappa shape index (κ1) is 13.6. The molecule has 0 bridgehead atoms. The summed E-state index contributed by atoms with van der Waals surface area (Å²) in [5.74, 6) is -0.239. The van der Waals surface area contributed by atoms with Crippen molar-refractivity contribution in [1.29, 1.82) is 0 Å². The van der Waals surface area contributed by atoms with Gasteiger partial charge in [0.2, 0.25) is 0 Å². The topological polar surface area (TPSA) is 38.0 Å². The fraction of sp³-hybridized carbons (Fsp3) is 0.250. The van der Waals surface area contributed by atoms with Crippen LogP contribution < -0.4 is 11.1 Å². The fourth-order valence-corrected chi connectivity index (χ4v) is 2.08. The van der Waals surface area contributed by atoms with Crippen LogP contribution in [0.15, 0.2) is 42.5 Å². The Balaban J connectivity index is 2.23. The number of nitrogens with one attached hydrogen (secondary N) is 1. The average Bonchev–Trinajstić information content (AvgIpc) is 2.43. The van der Waals surface area contributed by atoms with Gasteiger partial charge in [0.25, 0.3) is 0 Å². The van der Waals surface area contributed by atoms with Crippen LogP contribution in [-0.2, 0) is 12.8 Å². The summed E-state index contributed by atoms with van der Waals surface area (Å²) < 4.78 is 14.0. The number of hydrogen-bond acceptors (Lipinski definition) is 2. The third kappa shape index (κ3) is 3.32. The van der Waals surface area contributed by atoms with Crippen LogP contribution in [0.1, 0.15) is 18.1 Å². The maximum atomic E-state index is 14.0. The van der Waals surface area contributed by atoms with Gasteiger partial charge in [-0.3, -0.25) is 0 Å². The molecule has 0 unspecified atom stereocenters. The zero-order valence-electron chi connectivity index (χ0n) is 11.1. The van der Waals surface area contributed by atoms with E-state index in [1.807, 2.05) is 30.3 Å². The lowest BCUT2D eigenvalue weighted by Crippen LogP contribution is -2.04. The first-order valence-electron chi connectivity index (χ1n) is 6.58. The van der Waals surface area contributed by atoms with Gasteiger partial charge in [-0.05, 0) is 48.7 Å². The Morgan fingerprint density at radius 1 is 1.11 bits per heavy atom. The molecule has 0 atom stereocenters. The van der Waals surface area contributed by atoms with Crippen molar-refractivity contribution < 1.29 is 4.39 Å². The summed E-state index contributed by atoms with van der Waals surface area (Å²) in [6, 6.07) is 13.2. The van der Waals surface area contributed by atoms with Gasteiger partial charge >= 0.3 is 0 Å². The van der Waals surface area contributed by atoms with E-state index < -0.39 is 0 Å². The Bertz CT molecular complexity index is 552. The van der Waals surface area contributed by atoms with E-state index in [0.29, 0.717) is 18.7 Å². The average molecular weight is 258 g/mol. The molecule has 0 aliphatic rings. The third-order valence-corrected chi connectivity index (χ3v) is 3.13. The van der Waals surface area contributed by atoms with Crippen molar-refractivity contribution in [2.24, 2.45) is 5.73 Å². The largest absolute Gasteiger partial charge is 0.353 e. The predicted octanol–water partition coefficient (Wildman–Crippen LogP) is 3.63. The first-order valence-corrected chi connectivity index (χ1v) is 6.58. The number of anilines is 2. The quantitative estimate of drug-likeness (QED) is 0.859. The highest BCUT2D eigenvalue weighted by Crippen LogP contribution is 2.24. The minimum Gasteiger partial charge on any atom is -0.353 e. The molecule has 0 saturated heterocycles. The lowest BCUT2D eigenvalue weighted by molar-refractivity contribution is 0.629. The number of halogens is 1. The van der Waals surface area contributed by atoms with Gasteiger partial charge in [-0.15, -0.1) is 0 Å². The van der Waals surface area contributed by atoms with E-state index in [1.54, 1.807) is 12.1 Å². The minimum absolute atomic E-state index is 0.239. The Hall–Kier alpha value is -1.87. The highest BCUT2D eigenvalue weighted by Gasteiger charge is 2.06. The van der Waals surface area contributed by atoms with E-state index in [-0.39, 0.29) is 5.82 Å². The Kier molecular flexibility index (Phi) is 4.53. The van der Waals surface area contributed by atoms with Crippen LogP contribution in [0.3, 0.4) is 0 Å². The smallest absolute Gasteiger partial charge is 0.146 e. The van der Waals surface area contributed by atoms with E-state index in [9.17, 15) is 4.39 Å². The summed E-state index contributed by atoms with van der Waals surface area (Å²) in [5, 5.41) is 3.15. The van der Waals surface area contributed by atoms with E-state index in [2.05, 4.69) is 12.2 Å². The number of aryl methyl sites for hydroxylation is 1. The van der Waals surface area contributed by atoms with Crippen LogP contribution in [0, 0.1) is 5.82 Å². The van der Waals surface area contributed by atoms with Crippen LogP contribution >= 0.6 is 0 Å². The molecule has 0 amide bonds. The van der Waals surface area contributed by atoms with Gasteiger partial charge in [0.1, 0.15) is 5.82 Å². The molecule has 0 aliphatic carbocycles. The van der Waals surface area contributed by atoms with Gasteiger partial charge in [0, 0.05) is 5.69 Å². The Morgan fingerprint density at radius 2 is 1.89 bits per heavy atom. The van der Waals surface area contributed by atoms with Crippen molar-refractivity contribution in [1.82, 2.24) is 0 Å². The summed E-state index contributed by atoms with van der Waals surface area (Å²) >= 11 is 0. The maximum absolute atomic E-state index is 14.0. The zero-order chi connectivity index (χ0) is 13.7. The lowest BCUT2D eigenvalue weighted by atomic mass is 10.1. The van der Waals surface area contributed by atoms with Crippen molar-refractivity contribution in [3.8, 4) is 0 Å². The van der Waals surface area contributed by atoms with Crippen LogP contribution in [0.4, 0.5) is 15.8 Å². The van der Waals surface area contributed by atoms with E-state index in [0.717, 1.165) is 17.7 Å².